The minimum Gasteiger partial charge on any atom is -0.360 e. The standard InChI is InChI=1S/C19H26N6O/c1-5-25-10-15(13(4)22-25)19-18-16(20-11-21-18)6-7-24(19)9-14-8-17(12(2)3)23-26-14/h8,10-12,19H,5-7,9H2,1-4H3,(H,20,21). The Bertz CT molecular complexity index is 890. The number of aromatic nitrogens is 5. The van der Waals surface area contributed by atoms with Crippen molar-refractivity contribution < 1.29 is 4.52 Å². The van der Waals surface area contributed by atoms with Gasteiger partial charge in [-0.1, -0.05) is 19.0 Å². The summed E-state index contributed by atoms with van der Waals surface area (Å²) in [5.41, 5.74) is 5.58. The molecule has 1 atom stereocenters. The fraction of sp³-hybridized carbons (Fsp3) is 0.526. The summed E-state index contributed by atoms with van der Waals surface area (Å²) in [5.74, 6) is 1.27. The number of aromatic amines is 1. The second-order valence-electron chi connectivity index (χ2n) is 7.29. The first-order valence-corrected chi connectivity index (χ1v) is 9.32. The number of fused-ring (bicyclic) bond motifs is 1. The van der Waals surface area contributed by atoms with Crippen LogP contribution in [0, 0.1) is 6.92 Å². The fourth-order valence-electron chi connectivity index (χ4n) is 3.68. The smallest absolute Gasteiger partial charge is 0.151 e. The number of imidazole rings is 1. The Morgan fingerprint density at radius 3 is 2.92 bits per heavy atom. The highest BCUT2D eigenvalue weighted by atomic mass is 16.5. The van der Waals surface area contributed by atoms with Gasteiger partial charge >= 0.3 is 0 Å². The van der Waals surface area contributed by atoms with Crippen molar-refractivity contribution in [2.45, 2.75) is 59.2 Å². The molecule has 0 saturated carbocycles. The Hall–Kier alpha value is -2.41. The first-order valence-electron chi connectivity index (χ1n) is 9.32. The Balaban J connectivity index is 1.69. The van der Waals surface area contributed by atoms with E-state index in [1.54, 1.807) is 6.33 Å². The van der Waals surface area contributed by atoms with Crippen molar-refractivity contribution in [1.82, 2.24) is 29.8 Å². The van der Waals surface area contributed by atoms with E-state index in [9.17, 15) is 0 Å². The van der Waals surface area contributed by atoms with Crippen molar-refractivity contribution in [3.8, 4) is 0 Å². The molecule has 3 aromatic heterocycles. The Morgan fingerprint density at radius 2 is 2.23 bits per heavy atom. The van der Waals surface area contributed by atoms with Crippen LogP contribution in [0.25, 0.3) is 0 Å². The second kappa shape index (κ2) is 6.72. The number of H-pyrrole nitrogens is 1. The van der Waals surface area contributed by atoms with Gasteiger partial charge in [0.15, 0.2) is 5.76 Å². The zero-order valence-corrected chi connectivity index (χ0v) is 15.9. The van der Waals surface area contributed by atoms with Gasteiger partial charge < -0.3 is 9.51 Å². The van der Waals surface area contributed by atoms with Crippen LogP contribution in [0.2, 0.25) is 0 Å². The predicted octanol–water partition coefficient (Wildman–Crippen LogP) is 3.19. The maximum Gasteiger partial charge on any atom is 0.151 e. The Kier molecular flexibility index (Phi) is 4.40. The lowest BCUT2D eigenvalue weighted by molar-refractivity contribution is 0.177. The Morgan fingerprint density at radius 1 is 1.38 bits per heavy atom. The monoisotopic (exact) mass is 354 g/mol. The highest BCUT2D eigenvalue weighted by Crippen LogP contribution is 2.35. The SMILES string of the molecule is CCn1cc(C2c3nc[nH]c3CCN2Cc2cc(C(C)C)no2)c(C)n1. The topological polar surface area (TPSA) is 75.8 Å². The largest absolute Gasteiger partial charge is 0.360 e. The number of nitrogens with one attached hydrogen (secondary N) is 1. The van der Waals surface area contributed by atoms with Crippen LogP contribution in [0.3, 0.4) is 0 Å². The molecule has 0 spiro atoms. The molecule has 1 N–H and O–H groups in total. The summed E-state index contributed by atoms with van der Waals surface area (Å²) in [7, 11) is 0. The summed E-state index contributed by atoms with van der Waals surface area (Å²) in [6.45, 7) is 11.0. The van der Waals surface area contributed by atoms with Crippen molar-refractivity contribution in [1.29, 1.82) is 0 Å². The highest BCUT2D eigenvalue weighted by molar-refractivity contribution is 5.34. The van der Waals surface area contributed by atoms with Gasteiger partial charge in [-0.15, -0.1) is 0 Å². The molecule has 0 saturated heterocycles. The van der Waals surface area contributed by atoms with E-state index in [4.69, 9.17) is 4.52 Å². The van der Waals surface area contributed by atoms with E-state index in [2.05, 4.69) is 65.1 Å². The van der Waals surface area contributed by atoms with Crippen molar-refractivity contribution in [2.75, 3.05) is 6.54 Å². The van der Waals surface area contributed by atoms with Crippen LogP contribution in [0.15, 0.2) is 23.1 Å². The van der Waals surface area contributed by atoms with Crippen LogP contribution in [-0.2, 0) is 19.5 Å². The summed E-state index contributed by atoms with van der Waals surface area (Å²) >= 11 is 0. The van der Waals surface area contributed by atoms with E-state index in [1.165, 1.54) is 11.3 Å². The van der Waals surface area contributed by atoms with Crippen LogP contribution in [0.1, 0.15) is 66.8 Å². The van der Waals surface area contributed by atoms with E-state index < -0.39 is 0 Å². The van der Waals surface area contributed by atoms with E-state index in [1.807, 2.05) is 4.68 Å². The van der Waals surface area contributed by atoms with Gasteiger partial charge in [0, 0.05) is 43.0 Å². The molecule has 1 unspecified atom stereocenters. The molecule has 4 rings (SSSR count). The summed E-state index contributed by atoms with van der Waals surface area (Å²) in [6, 6.07) is 2.15. The third kappa shape index (κ3) is 2.96. The van der Waals surface area contributed by atoms with Gasteiger partial charge in [-0.25, -0.2) is 4.98 Å². The lowest BCUT2D eigenvalue weighted by Crippen LogP contribution is -2.36. The summed E-state index contributed by atoms with van der Waals surface area (Å²) < 4.78 is 7.59. The third-order valence-electron chi connectivity index (χ3n) is 5.16. The maximum absolute atomic E-state index is 5.60. The highest BCUT2D eigenvalue weighted by Gasteiger charge is 2.33. The lowest BCUT2D eigenvalue weighted by Gasteiger charge is -2.34. The molecule has 7 nitrogen and oxygen atoms in total. The van der Waals surface area contributed by atoms with Gasteiger partial charge in [0.1, 0.15) is 0 Å². The second-order valence-corrected chi connectivity index (χ2v) is 7.29. The molecule has 0 fully saturated rings. The van der Waals surface area contributed by atoms with Crippen molar-refractivity contribution in [3.63, 3.8) is 0 Å². The molecule has 3 aromatic rings. The average Bonchev–Trinajstić information content (AvgIpc) is 3.34. The minimum absolute atomic E-state index is 0.0814. The van der Waals surface area contributed by atoms with Crippen LogP contribution in [0.4, 0.5) is 0 Å². The van der Waals surface area contributed by atoms with Gasteiger partial charge in [0.25, 0.3) is 0 Å². The van der Waals surface area contributed by atoms with Gasteiger partial charge in [0.05, 0.1) is 36.0 Å². The molecule has 0 aliphatic carbocycles. The Labute approximate surface area is 153 Å². The van der Waals surface area contributed by atoms with E-state index in [-0.39, 0.29) is 6.04 Å². The average molecular weight is 354 g/mol. The van der Waals surface area contributed by atoms with Gasteiger partial charge in [-0.3, -0.25) is 9.58 Å². The lowest BCUT2D eigenvalue weighted by atomic mass is 9.96. The molecule has 0 bridgehead atoms. The number of hydrogen-bond acceptors (Lipinski definition) is 5. The number of nitrogens with zero attached hydrogens (tertiary/aromatic N) is 5. The number of aryl methyl sites for hydroxylation is 2. The van der Waals surface area contributed by atoms with Gasteiger partial charge in [0.2, 0.25) is 0 Å². The zero-order valence-electron chi connectivity index (χ0n) is 15.9. The normalized spacial score (nSPS) is 17.8. The molecule has 0 radical (unpaired) electrons. The summed E-state index contributed by atoms with van der Waals surface area (Å²) in [5, 5.41) is 8.85. The molecule has 4 heterocycles. The van der Waals surface area contributed by atoms with Crippen LogP contribution in [-0.4, -0.2) is 36.3 Å². The number of rotatable bonds is 5. The molecule has 0 aromatic carbocycles. The molecule has 7 heteroatoms. The van der Waals surface area contributed by atoms with Gasteiger partial charge in [-0.2, -0.15) is 5.10 Å². The fourth-order valence-corrected chi connectivity index (χ4v) is 3.68. The first kappa shape index (κ1) is 17.0. The summed E-state index contributed by atoms with van der Waals surface area (Å²) in [6.07, 6.45) is 4.90. The van der Waals surface area contributed by atoms with E-state index in [0.29, 0.717) is 12.5 Å². The van der Waals surface area contributed by atoms with Crippen LogP contribution >= 0.6 is 0 Å². The number of hydrogen-bond donors (Lipinski definition) is 1. The molecule has 1 aliphatic rings. The summed E-state index contributed by atoms with van der Waals surface area (Å²) in [4.78, 5) is 10.4. The van der Waals surface area contributed by atoms with Crippen molar-refractivity contribution >= 4 is 0 Å². The molecule has 138 valence electrons. The predicted molar refractivity (Wildman–Crippen MR) is 97.8 cm³/mol. The van der Waals surface area contributed by atoms with Crippen LogP contribution < -0.4 is 0 Å². The van der Waals surface area contributed by atoms with Gasteiger partial charge in [-0.05, 0) is 19.8 Å². The third-order valence-corrected chi connectivity index (χ3v) is 5.16. The van der Waals surface area contributed by atoms with Crippen molar-refractivity contribution in [3.05, 3.63) is 52.7 Å². The molecule has 0 amide bonds. The molecular weight excluding hydrogens is 328 g/mol. The maximum atomic E-state index is 5.60. The molecule has 26 heavy (non-hydrogen) atoms. The van der Waals surface area contributed by atoms with Crippen LogP contribution in [0.5, 0.6) is 0 Å². The van der Waals surface area contributed by atoms with Crippen molar-refractivity contribution in [2.24, 2.45) is 0 Å². The van der Waals surface area contributed by atoms with E-state index >= 15 is 0 Å². The quantitative estimate of drug-likeness (QED) is 0.761. The first-order chi connectivity index (χ1) is 12.6. The molecule has 1 aliphatic heterocycles. The zero-order chi connectivity index (χ0) is 18.3. The molecular formula is C19H26N6O. The van der Waals surface area contributed by atoms with E-state index in [0.717, 1.165) is 42.4 Å². The minimum atomic E-state index is 0.0814.